The van der Waals surface area contributed by atoms with Crippen molar-refractivity contribution < 1.29 is 4.79 Å². The van der Waals surface area contributed by atoms with Gasteiger partial charge in [-0.15, -0.1) is 0 Å². The van der Waals surface area contributed by atoms with Gasteiger partial charge in [-0.1, -0.05) is 54.6 Å². The van der Waals surface area contributed by atoms with E-state index in [0.29, 0.717) is 0 Å². The van der Waals surface area contributed by atoms with E-state index < -0.39 is 0 Å². The van der Waals surface area contributed by atoms with Crippen LogP contribution in [0.3, 0.4) is 0 Å². The highest BCUT2D eigenvalue weighted by Gasteiger charge is 2.05. The maximum atomic E-state index is 12.2. The Hall–Kier alpha value is -2.98. The summed E-state index contributed by atoms with van der Waals surface area (Å²) in [5.41, 5.74) is 4.16. The largest absolute Gasteiger partial charge is 0.332 e. The molecule has 3 aromatic carbocycles. The topological polar surface area (TPSA) is 41.1 Å². The molecule has 4 heteroatoms. The number of hydrogen-bond acceptors (Lipinski definition) is 2. The Kier molecular flexibility index (Phi) is 5.44. The zero-order valence-corrected chi connectivity index (χ0v) is 15.6. The molecule has 0 spiro atoms. The maximum absolute atomic E-state index is 12.2. The first-order chi connectivity index (χ1) is 12.5. The molecule has 3 rings (SSSR count). The summed E-state index contributed by atoms with van der Waals surface area (Å²) < 4.78 is 0. The van der Waals surface area contributed by atoms with Gasteiger partial charge in [0.25, 0.3) is 0 Å². The minimum Gasteiger partial charge on any atom is -0.332 e. The molecule has 130 valence electrons. The quantitative estimate of drug-likeness (QED) is 0.511. The number of amides is 1. The third-order valence-corrected chi connectivity index (χ3v) is 4.53. The van der Waals surface area contributed by atoms with Crippen molar-refractivity contribution in [3.05, 3.63) is 83.4 Å². The summed E-state index contributed by atoms with van der Waals surface area (Å²) in [6.07, 6.45) is 3.30. The molecule has 0 aliphatic heterocycles. The summed E-state index contributed by atoms with van der Waals surface area (Å²) >= 11 is 5.25. The van der Waals surface area contributed by atoms with Crippen LogP contribution in [-0.4, -0.2) is 11.0 Å². The van der Waals surface area contributed by atoms with Crippen LogP contribution in [0.2, 0.25) is 0 Å². The molecule has 0 atom stereocenters. The second kappa shape index (κ2) is 7.93. The average Bonchev–Trinajstić information content (AvgIpc) is 2.63. The number of fused-ring (bicyclic) bond motifs is 1. The fourth-order valence-electron chi connectivity index (χ4n) is 2.75. The Bertz CT molecular complexity index is 1000. The van der Waals surface area contributed by atoms with Gasteiger partial charge in [-0.05, 0) is 65.7 Å². The minimum absolute atomic E-state index is 0.263. The van der Waals surface area contributed by atoms with E-state index >= 15 is 0 Å². The molecule has 0 heterocycles. The average molecular weight is 360 g/mol. The Morgan fingerprint density at radius 2 is 1.69 bits per heavy atom. The summed E-state index contributed by atoms with van der Waals surface area (Å²) in [4.78, 5) is 12.2. The highest BCUT2D eigenvalue weighted by atomic mass is 32.1. The van der Waals surface area contributed by atoms with E-state index in [1.54, 1.807) is 6.08 Å². The zero-order chi connectivity index (χ0) is 18.5. The first-order valence-corrected chi connectivity index (χ1v) is 8.79. The van der Waals surface area contributed by atoms with Crippen LogP contribution in [0.1, 0.15) is 16.7 Å². The van der Waals surface area contributed by atoms with Crippen molar-refractivity contribution in [1.29, 1.82) is 0 Å². The van der Waals surface area contributed by atoms with Gasteiger partial charge in [-0.25, -0.2) is 0 Å². The van der Waals surface area contributed by atoms with E-state index in [9.17, 15) is 4.79 Å². The van der Waals surface area contributed by atoms with E-state index in [-0.39, 0.29) is 11.0 Å². The molecule has 1 amide bonds. The van der Waals surface area contributed by atoms with Crippen LogP contribution in [0.15, 0.2) is 66.7 Å². The molecule has 0 fully saturated rings. The van der Waals surface area contributed by atoms with Crippen molar-refractivity contribution in [3.63, 3.8) is 0 Å². The summed E-state index contributed by atoms with van der Waals surface area (Å²) in [7, 11) is 0. The number of benzene rings is 3. The summed E-state index contributed by atoms with van der Waals surface area (Å²) in [5.74, 6) is -0.263. The molecule has 2 N–H and O–H groups in total. The lowest BCUT2D eigenvalue weighted by Gasteiger charge is -2.12. The van der Waals surface area contributed by atoms with Crippen molar-refractivity contribution >= 4 is 45.8 Å². The van der Waals surface area contributed by atoms with E-state index in [0.717, 1.165) is 27.6 Å². The summed E-state index contributed by atoms with van der Waals surface area (Å²) in [6, 6.07) is 20.0. The number of carbonyl (C=O) groups excluding carboxylic acids is 1. The number of carbonyl (C=O) groups is 1. The molecule has 0 unspecified atom stereocenters. The molecule has 0 bridgehead atoms. The second-order valence-electron chi connectivity index (χ2n) is 6.09. The Balaban J connectivity index is 1.67. The maximum Gasteiger partial charge on any atom is 0.250 e. The Labute approximate surface area is 158 Å². The molecule has 0 saturated carbocycles. The lowest BCUT2D eigenvalue weighted by molar-refractivity contribution is -0.115. The molecule has 0 saturated heterocycles. The smallest absolute Gasteiger partial charge is 0.250 e. The first-order valence-electron chi connectivity index (χ1n) is 8.38. The third kappa shape index (κ3) is 4.16. The normalized spacial score (nSPS) is 10.8. The minimum atomic E-state index is -0.263. The van der Waals surface area contributed by atoms with Gasteiger partial charge in [0, 0.05) is 11.8 Å². The zero-order valence-electron chi connectivity index (χ0n) is 14.7. The van der Waals surface area contributed by atoms with Crippen molar-refractivity contribution in [1.82, 2.24) is 5.32 Å². The van der Waals surface area contributed by atoms with Crippen molar-refractivity contribution in [3.8, 4) is 0 Å². The molecule has 26 heavy (non-hydrogen) atoms. The van der Waals surface area contributed by atoms with Gasteiger partial charge in [0.15, 0.2) is 5.11 Å². The first kappa shape index (κ1) is 17.8. The lowest BCUT2D eigenvalue weighted by Crippen LogP contribution is -2.33. The van der Waals surface area contributed by atoms with E-state index in [1.807, 2.05) is 62.4 Å². The molecule has 0 aliphatic carbocycles. The monoisotopic (exact) mass is 360 g/mol. The molecular weight excluding hydrogens is 340 g/mol. The fourth-order valence-corrected chi connectivity index (χ4v) is 2.97. The molecule has 0 aromatic heterocycles. The SMILES string of the molecule is Cc1cccc(NC(=S)NC(=O)C=Cc2cccc3ccccc23)c1C. The highest BCUT2D eigenvalue weighted by molar-refractivity contribution is 7.80. The number of thiocarbonyl (C=S) groups is 1. The van der Waals surface area contributed by atoms with Gasteiger partial charge in [-0.3, -0.25) is 10.1 Å². The van der Waals surface area contributed by atoms with E-state index in [4.69, 9.17) is 12.2 Å². The van der Waals surface area contributed by atoms with Crippen molar-refractivity contribution in [2.75, 3.05) is 5.32 Å². The number of aryl methyl sites for hydroxylation is 1. The number of nitrogens with one attached hydrogen (secondary N) is 2. The van der Waals surface area contributed by atoms with Gasteiger partial charge in [0.05, 0.1) is 0 Å². The van der Waals surface area contributed by atoms with Crippen LogP contribution in [0.4, 0.5) is 5.69 Å². The molecule has 0 aliphatic rings. The molecular formula is C22H20N2OS. The van der Waals surface area contributed by atoms with Gasteiger partial charge in [0.1, 0.15) is 0 Å². The number of rotatable bonds is 3. The predicted molar refractivity (Wildman–Crippen MR) is 113 cm³/mol. The summed E-state index contributed by atoms with van der Waals surface area (Å²) in [5, 5.41) is 8.29. The van der Waals surface area contributed by atoms with Crippen LogP contribution in [-0.2, 0) is 4.79 Å². The second-order valence-corrected chi connectivity index (χ2v) is 6.50. The highest BCUT2D eigenvalue weighted by Crippen LogP contribution is 2.20. The van der Waals surface area contributed by atoms with E-state index in [1.165, 1.54) is 11.6 Å². The third-order valence-electron chi connectivity index (χ3n) is 4.33. The predicted octanol–water partition coefficient (Wildman–Crippen LogP) is 4.98. The Morgan fingerprint density at radius 1 is 0.962 bits per heavy atom. The number of anilines is 1. The van der Waals surface area contributed by atoms with Gasteiger partial charge in [-0.2, -0.15) is 0 Å². The van der Waals surface area contributed by atoms with E-state index in [2.05, 4.69) is 22.8 Å². The standard InChI is InChI=1S/C22H20N2OS/c1-15-7-5-12-20(16(15)2)23-22(26)24-21(25)14-13-18-10-6-9-17-8-3-4-11-19(17)18/h3-14H,1-2H3,(H2,23,24,25,26). The van der Waals surface area contributed by atoms with Crippen molar-refractivity contribution in [2.45, 2.75) is 13.8 Å². The van der Waals surface area contributed by atoms with Gasteiger partial charge >= 0.3 is 0 Å². The van der Waals surface area contributed by atoms with Crippen LogP contribution in [0.25, 0.3) is 16.8 Å². The molecule has 0 radical (unpaired) electrons. The Morgan fingerprint density at radius 3 is 2.54 bits per heavy atom. The summed E-state index contributed by atoms with van der Waals surface area (Å²) in [6.45, 7) is 4.05. The van der Waals surface area contributed by atoms with Crippen LogP contribution in [0.5, 0.6) is 0 Å². The van der Waals surface area contributed by atoms with Crippen molar-refractivity contribution in [2.24, 2.45) is 0 Å². The van der Waals surface area contributed by atoms with Gasteiger partial charge < -0.3 is 5.32 Å². The molecule has 3 nitrogen and oxygen atoms in total. The molecule has 3 aromatic rings. The van der Waals surface area contributed by atoms with Crippen LogP contribution >= 0.6 is 12.2 Å². The van der Waals surface area contributed by atoms with Crippen LogP contribution < -0.4 is 10.6 Å². The number of hydrogen-bond donors (Lipinski definition) is 2. The lowest BCUT2D eigenvalue weighted by atomic mass is 10.0. The fraction of sp³-hybridized carbons (Fsp3) is 0.0909. The van der Waals surface area contributed by atoms with Crippen LogP contribution in [0, 0.1) is 13.8 Å². The van der Waals surface area contributed by atoms with Gasteiger partial charge in [0.2, 0.25) is 5.91 Å².